The van der Waals surface area contributed by atoms with Gasteiger partial charge in [-0.15, -0.1) is 0 Å². The van der Waals surface area contributed by atoms with Crippen LogP contribution in [0.5, 0.6) is 0 Å². The van der Waals surface area contributed by atoms with E-state index >= 15 is 0 Å². The van der Waals surface area contributed by atoms with E-state index in [0.29, 0.717) is 13.0 Å². The van der Waals surface area contributed by atoms with Crippen molar-refractivity contribution in [1.29, 1.82) is 0 Å². The fraction of sp³-hybridized carbons (Fsp3) is 0.667. The Morgan fingerprint density at radius 2 is 2.45 bits per heavy atom. The standard InChI is InChI=1S/C6H11NO3S/c1-6(9)11-4-2-3-10-7-5-8/h5H,2-4H2,1H3,(H,7,8). The molecule has 0 spiro atoms. The Hall–Kier alpha value is -0.550. The van der Waals surface area contributed by atoms with Crippen molar-refractivity contribution >= 4 is 23.3 Å². The molecule has 0 saturated heterocycles. The Bertz CT molecular complexity index is 129. The molecule has 0 rings (SSSR count). The van der Waals surface area contributed by atoms with Crippen LogP contribution >= 0.6 is 11.8 Å². The molecule has 0 aromatic carbocycles. The van der Waals surface area contributed by atoms with Crippen LogP contribution in [0.1, 0.15) is 13.3 Å². The van der Waals surface area contributed by atoms with E-state index in [1.165, 1.54) is 18.7 Å². The van der Waals surface area contributed by atoms with Crippen LogP contribution < -0.4 is 5.48 Å². The molecule has 0 aliphatic heterocycles. The molecule has 1 amide bonds. The first-order valence-electron chi connectivity index (χ1n) is 3.21. The van der Waals surface area contributed by atoms with Crippen LogP contribution in [0.2, 0.25) is 0 Å². The average Bonchev–Trinajstić information content (AvgIpc) is 1.96. The number of rotatable bonds is 6. The molecule has 64 valence electrons. The van der Waals surface area contributed by atoms with E-state index < -0.39 is 0 Å². The second kappa shape index (κ2) is 7.56. The van der Waals surface area contributed by atoms with Crippen LogP contribution in [0, 0.1) is 0 Å². The van der Waals surface area contributed by atoms with Gasteiger partial charge in [0.15, 0.2) is 5.12 Å². The molecule has 0 heterocycles. The van der Waals surface area contributed by atoms with Gasteiger partial charge in [0.2, 0.25) is 6.41 Å². The third-order valence-corrected chi connectivity index (χ3v) is 1.73. The lowest BCUT2D eigenvalue weighted by Crippen LogP contribution is -2.12. The highest BCUT2D eigenvalue weighted by molar-refractivity contribution is 8.13. The summed E-state index contributed by atoms with van der Waals surface area (Å²) >= 11 is 1.25. The van der Waals surface area contributed by atoms with E-state index in [4.69, 9.17) is 0 Å². The maximum absolute atomic E-state index is 10.4. The first-order chi connectivity index (χ1) is 5.27. The summed E-state index contributed by atoms with van der Waals surface area (Å²) in [4.78, 5) is 24.7. The summed E-state index contributed by atoms with van der Waals surface area (Å²) in [6.07, 6.45) is 1.23. The molecular formula is C6H11NO3S. The zero-order valence-corrected chi connectivity index (χ0v) is 7.15. The average molecular weight is 177 g/mol. The number of nitrogens with one attached hydrogen (secondary N) is 1. The molecule has 0 fully saturated rings. The van der Waals surface area contributed by atoms with Crippen LogP contribution in [-0.4, -0.2) is 23.9 Å². The van der Waals surface area contributed by atoms with Crippen molar-refractivity contribution in [1.82, 2.24) is 5.48 Å². The van der Waals surface area contributed by atoms with Gasteiger partial charge < -0.3 is 0 Å². The summed E-state index contributed by atoms with van der Waals surface area (Å²) in [5.41, 5.74) is 2.06. The van der Waals surface area contributed by atoms with Gasteiger partial charge in [0.1, 0.15) is 0 Å². The van der Waals surface area contributed by atoms with Gasteiger partial charge in [-0.3, -0.25) is 14.4 Å². The Morgan fingerprint density at radius 1 is 1.73 bits per heavy atom. The number of thioether (sulfide) groups is 1. The van der Waals surface area contributed by atoms with Crippen LogP contribution in [0.15, 0.2) is 0 Å². The van der Waals surface area contributed by atoms with Crippen molar-refractivity contribution in [2.75, 3.05) is 12.4 Å². The van der Waals surface area contributed by atoms with E-state index in [2.05, 4.69) is 10.3 Å². The van der Waals surface area contributed by atoms with Crippen molar-refractivity contribution in [3.8, 4) is 0 Å². The Labute approximate surface area is 69.6 Å². The molecule has 1 N–H and O–H groups in total. The molecule has 4 nitrogen and oxygen atoms in total. The van der Waals surface area contributed by atoms with E-state index in [0.717, 1.165) is 12.2 Å². The molecule has 0 unspecified atom stereocenters. The molecule has 0 radical (unpaired) electrons. The fourth-order valence-electron chi connectivity index (χ4n) is 0.440. The van der Waals surface area contributed by atoms with Gasteiger partial charge in [-0.1, -0.05) is 11.8 Å². The lowest BCUT2D eigenvalue weighted by Gasteiger charge is -1.98. The van der Waals surface area contributed by atoms with Gasteiger partial charge in [0.05, 0.1) is 6.61 Å². The number of amides is 1. The summed E-state index contributed by atoms with van der Waals surface area (Å²) in [5.74, 6) is 0.732. The number of hydrogen-bond donors (Lipinski definition) is 1. The van der Waals surface area contributed by atoms with Gasteiger partial charge in [0.25, 0.3) is 0 Å². The predicted octanol–water partition coefficient (Wildman–Crippen LogP) is 0.334. The Kier molecular flexibility index (Phi) is 7.18. The maximum Gasteiger partial charge on any atom is 0.230 e. The second-order valence-corrected chi connectivity index (χ2v) is 3.05. The maximum atomic E-state index is 10.4. The van der Waals surface area contributed by atoms with Crippen molar-refractivity contribution in [2.24, 2.45) is 0 Å². The van der Waals surface area contributed by atoms with E-state index in [-0.39, 0.29) is 5.12 Å². The van der Waals surface area contributed by atoms with E-state index in [9.17, 15) is 9.59 Å². The van der Waals surface area contributed by atoms with Gasteiger partial charge in [-0.05, 0) is 6.42 Å². The number of hydrogen-bond acceptors (Lipinski definition) is 4. The highest BCUT2D eigenvalue weighted by Crippen LogP contribution is 2.02. The summed E-state index contributed by atoms with van der Waals surface area (Å²) in [6.45, 7) is 1.97. The highest BCUT2D eigenvalue weighted by atomic mass is 32.2. The molecule has 5 heteroatoms. The molecule has 0 bridgehead atoms. The molecule has 0 saturated carbocycles. The van der Waals surface area contributed by atoms with Gasteiger partial charge >= 0.3 is 0 Å². The summed E-state index contributed by atoms with van der Waals surface area (Å²) in [7, 11) is 0. The smallest absolute Gasteiger partial charge is 0.230 e. The van der Waals surface area contributed by atoms with Crippen LogP contribution in [-0.2, 0) is 14.4 Å². The quantitative estimate of drug-likeness (QED) is 0.361. The fourth-order valence-corrected chi connectivity index (χ4v) is 0.990. The summed E-state index contributed by atoms with van der Waals surface area (Å²) < 4.78 is 0. The third-order valence-electron chi connectivity index (χ3n) is 0.828. The minimum atomic E-state index is 0.105. The van der Waals surface area contributed by atoms with Crippen molar-refractivity contribution in [3.05, 3.63) is 0 Å². The largest absolute Gasteiger partial charge is 0.288 e. The SMILES string of the molecule is CC(=O)SCCCONC=O. The molecule has 0 aliphatic carbocycles. The van der Waals surface area contributed by atoms with Crippen LogP contribution in [0.4, 0.5) is 0 Å². The molecule has 0 atom stereocenters. The predicted molar refractivity (Wildman–Crippen MR) is 42.9 cm³/mol. The topological polar surface area (TPSA) is 55.4 Å². The molecule has 0 aliphatic rings. The molecule has 0 aromatic rings. The zero-order chi connectivity index (χ0) is 8.53. The minimum absolute atomic E-state index is 0.105. The van der Waals surface area contributed by atoms with Crippen molar-refractivity contribution < 1.29 is 14.4 Å². The number of carbonyl (C=O) groups is 2. The highest BCUT2D eigenvalue weighted by Gasteiger charge is 1.93. The van der Waals surface area contributed by atoms with E-state index in [1.807, 2.05) is 0 Å². The lowest BCUT2D eigenvalue weighted by molar-refractivity contribution is -0.120. The van der Waals surface area contributed by atoms with E-state index in [1.54, 1.807) is 0 Å². The number of hydroxylamine groups is 1. The minimum Gasteiger partial charge on any atom is -0.288 e. The lowest BCUT2D eigenvalue weighted by atomic mass is 10.5. The zero-order valence-electron chi connectivity index (χ0n) is 6.33. The van der Waals surface area contributed by atoms with Crippen molar-refractivity contribution in [2.45, 2.75) is 13.3 Å². The van der Waals surface area contributed by atoms with Gasteiger partial charge in [0, 0.05) is 12.7 Å². The van der Waals surface area contributed by atoms with Crippen molar-refractivity contribution in [3.63, 3.8) is 0 Å². The molecular weight excluding hydrogens is 166 g/mol. The Morgan fingerprint density at radius 3 is 3.00 bits per heavy atom. The third kappa shape index (κ3) is 9.45. The van der Waals surface area contributed by atoms with Crippen LogP contribution in [0.3, 0.4) is 0 Å². The number of carbonyl (C=O) groups excluding carboxylic acids is 2. The second-order valence-electron chi connectivity index (χ2n) is 1.78. The van der Waals surface area contributed by atoms with Gasteiger partial charge in [-0.2, -0.15) is 0 Å². The van der Waals surface area contributed by atoms with Crippen LogP contribution in [0.25, 0.3) is 0 Å². The first-order valence-corrected chi connectivity index (χ1v) is 4.20. The molecule has 11 heavy (non-hydrogen) atoms. The molecule has 0 aromatic heterocycles. The summed E-state index contributed by atoms with van der Waals surface area (Å²) in [6, 6.07) is 0. The Balaban J connectivity index is 2.90. The normalized spacial score (nSPS) is 9.18. The summed E-state index contributed by atoms with van der Waals surface area (Å²) in [5, 5.41) is 0.105. The monoisotopic (exact) mass is 177 g/mol. The van der Waals surface area contributed by atoms with Gasteiger partial charge in [-0.25, -0.2) is 5.48 Å². The first kappa shape index (κ1) is 10.4.